The first kappa shape index (κ1) is 19.9. The molecule has 2 N–H and O–H groups in total. The molecule has 8 heteroatoms. The van der Waals surface area contributed by atoms with Crippen LogP contribution in [0.4, 0.5) is 4.39 Å². The minimum absolute atomic E-state index is 0. The van der Waals surface area contributed by atoms with Gasteiger partial charge in [-0.15, -0.1) is 24.0 Å². The van der Waals surface area contributed by atoms with Crippen LogP contribution in [0.1, 0.15) is 18.2 Å². The normalized spacial score (nSPS) is 11.0. The molecule has 0 atom stereocenters. The number of guanidine groups is 1. The summed E-state index contributed by atoms with van der Waals surface area (Å²) in [6, 6.07) is 6.92. The fourth-order valence-electron chi connectivity index (χ4n) is 1.90. The van der Waals surface area contributed by atoms with E-state index in [0.717, 1.165) is 16.7 Å². The van der Waals surface area contributed by atoms with Crippen LogP contribution in [0, 0.1) is 5.82 Å². The van der Waals surface area contributed by atoms with Gasteiger partial charge in [-0.25, -0.2) is 9.38 Å². The average Bonchev–Trinajstić information content (AvgIpc) is 2.89. The second-order valence-electron chi connectivity index (χ2n) is 4.73. The van der Waals surface area contributed by atoms with E-state index in [0.29, 0.717) is 18.1 Å². The van der Waals surface area contributed by atoms with Crippen LogP contribution in [-0.2, 0) is 20.1 Å². The molecule has 0 aliphatic carbocycles. The van der Waals surface area contributed by atoms with E-state index in [1.807, 2.05) is 26.1 Å². The van der Waals surface area contributed by atoms with Crippen LogP contribution in [-0.4, -0.2) is 22.3 Å². The number of aryl methyl sites for hydroxylation is 1. The van der Waals surface area contributed by atoms with Crippen molar-refractivity contribution < 1.29 is 4.39 Å². The molecule has 1 aromatic carbocycles. The molecular formula is C15H20BrFIN5. The topological polar surface area (TPSA) is 54.2 Å². The highest BCUT2D eigenvalue weighted by Crippen LogP contribution is 2.15. The van der Waals surface area contributed by atoms with Gasteiger partial charge < -0.3 is 10.6 Å². The van der Waals surface area contributed by atoms with Gasteiger partial charge in [0.05, 0.1) is 18.8 Å². The highest BCUT2D eigenvalue weighted by Gasteiger charge is 2.04. The quantitative estimate of drug-likeness (QED) is 0.380. The third kappa shape index (κ3) is 6.09. The van der Waals surface area contributed by atoms with Gasteiger partial charge in [-0.1, -0.05) is 22.0 Å². The summed E-state index contributed by atoms with van der Waals surface area (Å²) in [6.45, 7) is 3.60. The molecule has 0 unspecified atom stereocenters. The minimum atomic E-state index is -0.263. The second kappa shape index (κ2) is 9.86. The van der Waals surface area contributed by atoms with Gasteiger partial charge in [0.1, 0.15) is 5.82 Å². The van der Waals surface area contributed by atoms with E-state index in [2.05, 4.69) is 36.7 Å². The molecule has 0 amide bonds. The molecule has 23 heavy (non-hydrogen) atoms. The van der Waals surface area contributed by atoms with Crippen molar-refractivity contribution >= 4 is 45.9 Å². The van der Waals surface area contributed by atoms with Gasteiger partial charge >= 0.3 is 0 Å². The van der Waals surface area contributed by atoms with E-state index in [1.165, 1.54) is 6.07 Å². The number of hydrogen-bond donors (Lipinski definition) is 2. The van der Waals surface area contributed by atoms with Crippen LogP contribution in [0.2, 0.25) is 0 Å². The number of rotatable bonds is 5. The largest absolute Gasteiger partial charge is 0.357 e. The third-order valence-corrected chi connectivity index (χ3v) is 3.62. The number of nitrogens with zero attached hydrogens (tertiary/aromatic N) is 3. The lowest BCUT2D eigenvalue weighted by Gasteiger charge is -2.11. The number of aromatic nitrogens is 2. The monoisotopic (exact) mass is 495 g/mol. The molecule has 0 radical (unpaired) electrons. The molecule has 5 nitrogen and oxygen atoms in total. The highest BCUT2D eigenvalue weighted by atomic mass is 127. The lowest BCUT2D eigenvalue weighted by Crippen LogP contribution is -2.37. The Bertz CT molecular complexity index is 659. The van der Waals surface area contributed by atoms with Crippen molar-refractivity contribution in [3.8, 4) is 0 Å². The lowest BCUT2D eigenvalue weighted by atomic mass is 10.2. The minimum Gasteiger partial charge on any atom is -0.357 e. The molecule has 0 aliphatic rings. The number of hydrogen-bond acceptors (Lipinski definition) is 2. The summed E-state index contributed by atoms with van der Waals surface area (Å²) in [7, 11) is 1.89. The van der Waals surface area contributed by atoms with Crippen molar-refractivity contribution in [2.45, 2.75) is 20.0 Å². The highest BCUT2D eigenvalue weighted by molar-refractivity contribution is 14.0. The maximum absolute atomic E-state index is 13.8. The van der Waals surface area contributed by atoms with E-state index < -0.39 is 0 Å². The van der Waals surface area contributed by atoms with Gasteiger partial charge in [-0.3, -0.25) is 4.68 Å². The first-order valence-corrected chi connectivity index (χ1v) is 7.82. The molecule has 0 aliphatic heterocycles. The number of nitrogens with one attached hydrogen (secondary N) is 2. The van der Waals surface area contributed by atoms with Gasteiger partial charge in [0.2, 0.25) is 0 Å². The molecule has 2 aromatic rings. The Morgan fingerprint density at radius 1 is 1.35 bits per heavy atom. The number of halogens is 3. The number of benzene rings is 1. The molecule has 1 heterocycles. The Morgan fingerprint density at radius 2 is 2.13 bits per heavy atom. The van der Waals surface area contributed by atoms with Gasteiger partial charge in [-0.05, 0) is 25.1 Å². The first-order chi connectivity index (χ1) is 10.6. The van der Waals surface area contributed by atoms with Crippen LogP contribution < -0.4 is 10.6 Å². The summed E-state index contributed by atoms with van der Waals surface area (Å²) >= 11 is 3.25. The Morgan fingerprint density at radius 3 is 2.74 bits per heavy atom. The summed E-state index contributed by atoms with van der Waals surface area (Å²) < 4.78 is 16.3. The second-order valence-corrected chi connectivity index (χ2v) is 5.65. The molecule has 0 saturated carbocycles. The van der Waals surface area contributed by atoms with E-state index in [4.69, 9.17) is 0 Å². The molecule has 0 spiro atoms. The van der Waals surface area contributed by atoms with Crippen molar-refractivity contribution in [1.29, 1.82) is 0 Å². The van der Waals surface area contributed by atoms with Crippen LogP contribution in [0.5, 0.6) is 0 Å². The van der Waals surface area contributed by atoms with Gasteiger partial charge in [0, 0.05) is 29.8 Å². The SMILES string of the molecule is CCNC(=NCc1ccc(Br)cc1F)NCc1ccnn1C.I. The molecule has 0 saturated heterocycles. The van der Waals surface area contributed by atoms with Gasteiger partial charge in [-0.2, -0.15) is 5.10 Å². The lowest BCUT2D eigenvalue weighted by molar-refractivity contribution is 0.609. The standard InChI is InChI=1S/C15H19BrFN5.HI/c1-3-18-15(20-10-13-6-7-21-22(13)2)19-9-11-4-5-12(16)8-14(11)17;/h4-8H,3,9-10H2,1-2H3,(H2,18,19,20);1H. The van der Waals surface area contributed by atoms with E-state index in [9.17, 15) is 4.39 Å². The summed E-state index contributed by atoms with van der Waals surface area (Å²) in [5.41, 5.74) is 1.60. The van der Waals surface area contributed by atoms with E-state index in [-0.39, 0.29) is 36.3 Å². The maximum atomic E-state index is 13.8. The summed E-state index contributed by atoms with van der Waals surface area (Å²) in [6.07, 6.45) is 1.75. The Labute approximate surface area is 160 Å². The molecule has 2 rings (SSSR count). The predicted octanol–water partition coefficient (Wildman–Crippen LogP) is 3.20. The zero-order valence-electron chi connectivity index (χ0n) is 13.0. The zero-order valence-corrected chi connectivity index (χ0v) is 16.9. The van der Waals surface area contributed by atoms with Gasteiger partial charge in [0.25, 0.3) is 0 Å². The fraction of sp³-hybridized carbons (Fsp3) is 0.333. The maximum Gasteiger partial charge on any atom is 0.191 e. The van der Waals surface area contributed by atoms with Crippen molar-refractivity contribution in [2.75, 3.05) is 6.54 Å². The molecule has 1 aromatic heterocycles. The summed E-state index contributed by atoms with van der Waals surface area (Å²) in [4.78, 5) is 4.41. The van der Waals surface area contributed by atoms with Crippen LogP contribution >= 0.6 is 39.9 Å². The average molecular weight is 496 g/mol. The van der Waals surface area contributed by atoms with Crippen molar-refractivity contribution in [1.82, 2.24) is 20.4 Å². The molecular weight excluding hydrogens is 476 g/mol. The Hall–Kier alpha value is -1.16. The zero-order chi connectivity index (χ0) is 15.9. The summed E-state index contributed by atoms with van der Waals surface area (Å²) in [5.74, 6) is 0.381. The van der Waals surface area contributed by atoms with Gasteiger partial charge in [0.15, 0.2) is 5.96 Å². The first-order valence-electron chi connectivity index (χ1n) is 7.03. The van der Waals surface area contributed by atoms with Crippen LogP contribution in [0.3, 0.4) is 0 Å². The van der Waals surface area contributed by atoms with Crippen LogP contribution in [0.15, 0.2) is 39.9 Å². The van der Waals surface area contributed by atoms with Crippen LogP contribution in [0.25, 0.3) is 0 Å². The van der Waals surface area contributed by atoms with E-state index >= 15 is 0 Å². The Balaban J connectivity index is 0.00000264. The Kier molecular flexibility index (Phi) is 8.53. The fourth-order valence-corrected chi connectivity index (χ4v) is 2.24. The van der Waals surface area contributed by atoms with Crippen molar-refractivity contribution in [3.63, 3.8) is 0 Å². The van der Waals surface area contributed by atoms with Crippen molar-refractivity contribution in [3.05, 3.63) is 52.0 Å². The van der Waals surface area contributed by atoms with Crippen molar-refractivity contribution in [2.24, 2.45) is 12.0 Å². The predicted molar refractivity (Wildman–Crippen MR) is 104 cm³/mol. The third-order valence-electron chi connectivity index (χ3n) is 3.13. The number of aliphatic imine (C=N–C) groups is 1. The summed E-state index contributed by atoms with van der Waals surface area (Å²) in [5, 5.41) is 10.5. The van der Waals surface area contributed by atoms with E-state index in [1.54, 1.807) is 16.9 Å². The molecule has 126 valence electrons. The molecule has 0 bridgehead atoms. The molecule has 0 fully saturated rings. The smallest absolute Gasteiger partial charge is 0.191 e.